The zero-order valence-corrected chi connectivity index (χ0v) is 14.6. The number of amides is 1. The van der Waals surface area contributed by atoms with Gasteiger partial charge in [0.15, 0.2) is 11.5 Å². The quantitative estimate of drug-likeness (QED) is 0.514. The number of carbonyl (C=O) groups excluding carboxylic acids is 1. The van der Waals surface area contributed by atoms with Gasteiger partial charge in [-0.1, -0.05) is 36.4 Å². The van der Waals surface area contributed by atoms with Gasteiger partial charge in [-0.25, -0.2) is 0 Å². The van der Waals surface area contributed by atoms with Crippen LogP contribution in [-0.2, 0) is 0 Å². The van der Waals surface area contributed by atoms with Crippen molar-refractivity contribution < 1.29 is 4.79 Å². The molecule has 2 N–H and O–H groups in total. The number of aromatic nitrogens is 4. The van der Waals surface area contributed by atoms with Gasteiger partial charge >= 0.3 is 0 Å². The minimum absolute atomic E-state index is 0.0598. The molecule has 7 nitrogen and oxygen atoms in total. The van der Waals surface area contributed by atoms with Crippen molar-refractivity contribution in [1.29, 1.82) is 0 Å². The molecule has 0 spiro atoms. The molecule has 130 valence electrons. The number of carbonyl (C=O) groups is 1. The van der Waals surface area contributed by atoms with E-state index in [2.05, 4.69) is 25.9 Å². The third-order valence-corrected chi connectivity index (χ3v) is 4.63. The lowest BCUT2D eigenvalue weighted by Gasteiger charge is -2.07. The third kappa shape index (κ3) is 3.40. The fourth-order valence-electron chi connectivity index (χ4n) is 2.51. The number of nitrogens with one attached hydrogen (secondary N) is 2. The van der Waals surface area contributed by atoms with Gasteiger partial charge in [-0.3, -0.25) is 4.79 Å². The van der Waals surface area contributed by atoms with Crippen molar-refractivity contribution in [3.8, 4) is 11.4 Å². The molecule has 0 fully saturated rings. The first-order valence-electron chi connectivity index (χ1n) is 8.15. The molecule has 4 rings (SSSR count). The maximum Gasteiger partial charge on any atom is 0.261 e. The van der Waals surface area contributed by atoms with Crippen LogP contribution >= 0.6 is 11.3 Å². The van der Waals surface area contributed by atoms with Crippen LogP contribution in [0.3, 0.4) is 0 Å². The lowest BCUT2D eigenvalue weighted by molar-refractivity contribution is 0.0959. The number of thiophene rings is 1. The fraction of sp³-hybridized carbons (Fsp3) is 0.111. The predicted octanol–water partition coefficient (Wildman–Crippen LogP) is 2.69. The molecule has 0 unspecified atom stereocenters. The van der Waals surface area contributed by atoms with Gasteiger partial charge in [0, 0.05) is 18.7 Å². The second-order valence-electron chi connectivity index (χ2n) is 5.54. The van der Waals surface area contributed by atoms with Gasteiger partial charge in [-0.05, 0) is 23.6 Å². The molecule has 0 saturated carbocycles. The highest BCUT2D eigenvalue weighted by Gasteiger charge is 2.09. The van der Waals surface area contributed by atoms with E-state index in [1.807, 2.05) is 53.9 Å². The summed E-state index contributed by atoms with van der Waals surface area (Å²) in [5.74, 6) is 1.32. The Hall–Kier alpha value is -3.26. The van der Waals surface area contributed by atoms with E-state index in [1.54, 1.807) is 10.6 Å². The largest absolute Gasteiger partial charge is 0.367 e. The molecule has 0 atom stereocenters. The summed E-state index contributed by atoms with van der Waals surface area (Å²) >= 11 is 1.43. The van der Waals surface area contributed by atoms with E-state index in [1.165, 1.54) is 11.3 Å². The Morgan fingerprint density at radius 3 is 2.69 bits per heavy atom. The zero-order valence-electron chi connectivity index (χ0n) is 13.8. The number of benzene rings is 1. The van der Waals surface area contributed by atoms with Crippen molar-refractivity contribution in [2.45, 2.75) is 0 Å². The van der Waals surface area contributed by atoms with Crippen LogP contribution in [0, 0.1) is 0 Å². The lowest BCUT2D eigenvalue weighted by Crippen LogP contribution is -2.28. The first-order valence-corrected chi connectivity index (χ1v) is 9.03. The molecular formula is C18H16N6OS. The Morgan fingerprint density at radius 2 is 1.88 bits per heavy atom. The van der Waals surface area contributed by atoms with Crippen LogP contribution in [-0.4, -0.2) is 38.8 Å². The molecule has 0 aliphatic heterocycles. The minimum atomic E-state index is -0.0598. The van der Waals surface area contributed by atoms with Gasteiger partial charge in [-0.15, -0.1) is 26.6 Å². The molecule has 1 aromatic carbocycles. The van der Waals surface area contributed by atoms with E-state index < -0.39 is 0 Å². The molecule has 0 bridgehead atoms. The van der Waals surface area contributed by atoms with Gasteiger partial charge in [0.2, 0.25) is 0 Å². The molecule has 26 heavy (non-hydrogen) atoms. The summed E-state index contributed by atoms with van der Waals surface area (Å²) < 4.78 is 1.71. The average Bonchev–Trinajstić information content (AvgIpc) is 3.35. The van der Waals surface area contributed by atoms with Crippen molar-refractivity contribution in [2.24, 2.45) is 0 Å². The Balaban J connectivity index is 1.42. The van der Waals surface area contributed by atoms with Crippen LogP contribution in [0.1, 0.15) is 9.67 Å². The zero-order chi connectivity index (χ0) is 17.8. The standard InChI is InChI=1S/C18H16N6OS/c25-18(14-7-4-12-26-14)20-11-10-19-15-8-9-16-21-22-17(24(16)23-15)13-5-2-1-3-6-13/h1-9,12H,10-11H2,(H,19,23)(H,20,25). The van der Waals surface area contributed by atoms with Gasteiger partial charge < -0.3 is 10.6 Å². The number of nitrogens with zero attached hydrogens (tertiary/aromatic N) is 4. The van der Waals surface area contributed by atoms with Crippen molar-refractivity contribution in [2.75, 3.05) is 18.4 Å². The number of hydrogen-bond acceptors (Lipinski definition) is 6. The fourth-order valence-corrected chi connectivity index (χ4v) is 3.15. The normalized spacial score (nSPS) is 10.8. The second-order valence-corrected chi connectivity index (χ2v) is 6.49. The first-order chi connectivity index (χ1) is 12.8. The summed E-state index contributed by atoms with van der Waals surface area (Å²) in [7, 11) is 0. The third-order valence-electron chi connectivity index (χ3n) is 3.76. The number of anilines is 1. The maximum absolute atomic E-state index is 11.9. The summed E-state index contributed by atoms with van der Waals surface area (Å²) in [5.41, 5.74) is 1.63. The van der Waals surface area contributed by atoms with Crippen molar-refractivity contribution in [3.63, 3.8) is 0 Å². The van der Waals surface area contributed by atoms with Gasteiger partial charge in [0.05, 0.1) is 4.88 Å². The van der Waals surface area contributed by atoms with E-state index in [0.29, 0.717) is 35.3 Å². The van der Waals surface area contributed by atoms with E-state index in [-0.39, 0.29) is 5.91 Å². The Kier molecular flexibility index (Phi) is 4.57. The van der Waals surface area contributed by atoms with Crippen molar-refractivity contribution in [3.05, 3.63) is 64.9 Å². The summed E-state index contributed by atoms with van der Waals surface area (Å²) in [5, 5.41) is 20.9. The van der Waals surface area contributed by atoms with Crippen molar-refractivity contribution in [1.82, 2.24) is 25.1 Å². The van der Waals surface area contributed by atoms with Crippen LogP contribution < -0.4 is 10.6 Å². The number of fused-ring (bicyclic) bond motifs is 1. The predicted molar refractivity (Wildman–Crippen MR) is 101 cm³/mol. The van der Waals surface area contributed by atoms with E-state index in [0.717, 1.165) is 5.56 Å². The molecule has 1 amide bonds. The average molecular weight is 364 g/mol. The number of rotatable bonds is 6. The highest BCUT2D eigenvalue weighted by Crippen LogP contribution is 2.17. The summed E-state index contributed by atoms with van der Waals surface area (Å²) in [6.07, 6.45) is 0. The monoisotopic (exact) mass is 364 g/mol. The Morgan fingerprint density at radius 1 is 1.00 bits per heavy atom. The van der Waals surface area contributed by atoms with Crippen LogP contribution in [0.5, 0.6) is 0 Å². The molecule has 4 aromatic rings. The highest BCUT2D eigenvalue weighted by atomic mass is 32.1. The molecule has 3 heterocycles. The minimum Gasteiger partial charge on any atom is -0.367 e. The van der Waals surface area contributed by atoms with Crippen LogP contribution in [0.4, 0.5) is 5.82 Å². The molecule has 3 aromatic heterocycles. The van der Waals surface area contributed by atoms with Gasteiger partial charge in [0.1, 0.15) is 5.82 Å². The van der Waals surface area contributed by atoms with Crippen LogP contribution in [0.2, 0.25) is 0 Å². The van der Waals surface area contributed by atoms with Crippen molar-refractivity contribution >= 4 is 28.7 Å². The topological polar surface area (TPSA) is 84.2 Å². The molecule has 0 aliphatic carbocycles. The van der Waals surface area contributed by atoms with Gasteiger partial charge in [-0.2, -0.15) is 4.52 Å². The van der Waals surface area contributed by atoms with E-state index >= 15 is 0 Å². The summed E-state index contributed by atoms with van der Waals surface area (Å²) in [6.45, 7) is 1.07. The highest BCUT2D eigenvalue weighted by molar-refractivity contribution is 7.12. The van der Waals surface area contributed by atoms with Crippen LogP contribution in [0.25, 0.3) is 17.0 Å². The van der Waals surface area contributed by atoms with E-state index in [9.17, 15) is 4.79 Å². The Bertz CT molecular complexity index is 1010. The SMILES string of the molecule is O=C(NCCNc1ccc2nnc(-c3ccccc3)n2n1)c1cccs1. The molecule has 8 heteroatoms. The van der Waals surface area contributed by atoms with Gasteiger partial charge in [0.25, 0.3) is 5.91 Å². The number of hydrogen-bond donors (Lipinski definition) is 2. The lowest BCUT2D eigenvalue weighted by atomic mass is 10.2. The molecular weight excluding hydrogens is 348 g/mol. The Labute approximate surface area is 153 Å². The second kappa shape index (κ2) is 7.32. The molecule has 0 radical (unpaired) electrons. The summed E-state index contributed by atoms with van der Waals surface area (Å²) in [4.78, 5) is 12.6. The molecule has 0 aliphatic rings. The smallest absolute Gasteiger partial charge is 0.261 e. The van der Waals surface area contributed by atoms with Crippen LogP contribution in [0.15, 0.2) is 60.0 Å². The molecule has 0 saturated heterocycles. The van der Waals surface area contributed by atoms with E-state index in [4.69, 9.17) is 0 Å². The maximum atomic E-state index is 11.9. The summed E-state index contributed by atoms with van der Waals surface area (Å²) in [6, 6.07) is 17.2. The first kappa shape index (κ1) is 16.2.